The smallest absolute Gasteiger partial charge is 0.228 e. The summed E-state index contributed by atoms with van der Waals surface area (Å²) in [5, 5.41) is 15.3. The Morgan fingerprint density at radius 1 is 1.00 bits per heavy atom. The quantitative estimate of drug-likeness (QED) is 0.315. The van der Waals surface area contributed by atoms with Crippen LogP contribution in [-0.4, -0.2) is 38.9 Å². The van der Waals surface area contributed by atoms with Gasteiger partial charge in [0, 0.05) is 22.6 Å². The van der Waals surface area contributed by atoms with E-state index in [0.29, 0.717) is 45.4 Å². The van der Waals surface area contributed by atoms with Crippen LogP contribution < -0.4 is 18.9 Å². The van der Waals surface area contributed by atoms with Crippen LogP contribution in [0.5, 0.6) is 34.6 Å². The van der Waals surface area contributed by atoms with Crippen molar-refractivity contribution in [3.05, 3.63) is 94.5 Å². The van der Waals surface area contributed by atoms with Gasteiger partial charge in [-0.15, -0.1) is 5.10 Å². The Labute approximate surface area is 216 Å². The average molecular weight is 517 g/mol. The highest BCUT2D eigenvalue weighted by molar-refractivity contribution is 6.30. The van der Waals surface area contributed by atoms with Gasteiger partial charge in [0.25, 0.3) is 0 Å². The number of fused-ring (bicyclic) bond motifs is 4. The van der Waals surface area contributed by atoms with Crippen LogP contribution >= 0.6 is 11.6 Å². The molecule has 0 radical (unpaired) electrons. The summed E-state index contributed by atoms with van der Waals surface area (Å²) >= 11 is 5.96. The zero-order valence-electron chi connectivity index (χ0n) is 19.9. The fraction of sp³-hybridized carbons (Fsp3) is 0.148. The summed E-state index contributed by atoms with van der Waals surface area (Å²) in [4.78, 5) is 9.29. The van der Waals surface area contributed by atoms with E-state index in [1.54, 1.807) is 61.5 Å². The normalized spacial score (nSPS) is 14.0. The van der Waals surface area contributed by atoms with E-state index in [-0.39, 0.29) is 18.3 Å². The minimum absolute atomic E-state index is 0.0958. The summed E-state index contributed by atoms with van der Waals surface area (Å²) in [6, 6.07) is 17.9. The second kappa shape index (κ2) is 9.18. The van der Waals surface area contributed by atoms with Crippen molar-refractivity contribution < 1.29 is 24.1 Å². The van der Waals surface area contributed by atoms with Gasteiger partial charge in [0.1, 0.15) is 30.2 Å². The molecule has 37 heavy (non-hydrogen) atoms. The van der Waals surface area contributed by atoms with Gasteiger partial charge in [-0.05, 0) is 48.0 Å². The molecule has 10 heteroatoms. The van der Waals surface area contributed by atoms with Crippen LogP contribution in [-0.2, 0) is 6.61 Å². The molecule has 0 unspecified atom stereocenters. The number of methoxy groups -OCH3 is 2. The molecule has 1 atom stereocenters. The first-order valence-corrected chi connectivity index (χ1v) is 11.8. The monoisotopic (exact) mass is 516 g/mol. The number of ether oxygens (including phenoxy) is 4. The number of phenols is 1. The first-order valence-electron chi connectivity index (χ1n) is 11.4. The van der Waals surface area contributed by atoms with Crippen LogP contribution in [0.25, 0.3) is 5.65 Å². The molecule has 0 fully saturated rings. The molecule has 9 nitrogen and oxygen atoms in total. The Kier molecular flexibility index (Phi) is 5.69. The van der Waals surface area contributed by atoms with Crippen LogP contribution in [0.4, 0.5) is 0 Å². The molecule has 0 amide bonds. The molecule has 2 aromatic heterocycles. The molecule has 0 spiro atoms. The van der Waals surface area contributed by atoms with Gasteiger partial charge in [0.2, 0.25) is 5.88 Å². The lowest BCUT2D eigenvalue weighted by Crippen LogP contribution is -2.15. The van der Waals surface area contributed by atoms with E-state index in [2.05, 4.69) is 10.1 Å². The first kappa shape index (κ1) is 22.9. The van der Waals surface area contributed by atoms with Crippen molar-refractivity contribution in [3.8, 4) is 34.6 Å². The van der Waals surface area contributed by atoms with Crippen molar-refractivity contribution in [1.82, 2.24) is 19.6 Å². The number of aromatic nitrogens is 4. The van der Waals surface area contributed by atoms with Gasteiger partial charge in [0.05, 0.1) is 19.8 Å². The predicted octanol–water partition coefficient (Wildman–Crippen LogP) is 5.37. The van der Waals surface area contributed by atoms with E-state index in [1.165, 1.54) is 0 Å². The number of phenolic OH excluding ortho intramolecular Hbond substituents is 1. The van der Waals surface area contributed by atoms with Gasteiger partial charge >= 0.3 is 0 Å². The lowest BCUT2D eigenvalue weighted by molar-refractivity contribution is 0.296. The van der Waals surface area contributed by atoms with E-state index in [4.69, 9.17) is 35.5 Å². The molecule has 3 aromatic carbocycles. The molecule has 1 N–H and O–H groups in total. The molecular formula is C27H21ClN4O5. The molecular weight excluding hydrogens is 496 g/mol. The number of benzene rings is 3. The molecule has 3 heterocycles. The highest BCUT2D eigenvalue weighted by Gasteiger charge is 2.34. The first-order chi connectivity index (χ1) is 18.0. The molecule has 6 rings (SSSR count). The fourth-order valence-electron chi connectivity index (χ4n) is 4.47. The Balaban J connectivity index is 1.47. The van der Waals surface area contributed by atoms with E-state index >= 15 is 0 Å². The summed E-state index contributed by atoms with van der Waals surface area (Å²) < 4.78 is 24.6. The zero-order chi connectivity index (χ0) is 25.5. The zero-order valence-corrected chi connectivity index (χ0v) is 20.6. The summed E-state index contributed by atoms with van der Waals surface area (Å²) in [7, 11) is 3.19. The van der Waals surface area contributed by atoms with Gasteiger partial charge in [-0.3, -0.25) is 0 Å². The molecule has 1 aliphatic heterocycles. The molecule has 0 aliphatic carbocycles. The van der Waals surface area contributed by atoms with Crippen molar-refractivity contribution in [2.24, 2.45) is 0 Å². The second-order valence-electron chi connectivity index (χ2n) is 8.37. The number of halogens is 1. The van der Waals surface area contributed by atoms with Crippen molar-refractivity contribution >= 4 is 17.2 Å². The average Bonchev–Trinajstić information content (AvgIpc) is 3.34. The molecule has 1 aliphatic rings. The molecule has 0 saturated heterocycles. The number of aromatic hydroxyl groups is 1. The second-order valence-corrected chi connectivity index (χ2v) is 8.81. The Hall–Kier alpha value is -4.50. The van der Waals surface area contributed by atoms with Gasteiger partial charge in [-0.1, -0.05) is 23.7 Å². The van der Waals surface area contributed by atoms with Crippen molar-refractivity contribution in [2.75, 3.05) is 14.2 Å². The minimum Gasteiger partial charge on any atom is -0.508 e. The number of nitrogens with zero attached hydrogens (tertiary/aromatic N) is 4. The standard InChI is InChI=1S/C27H21ClN4O5/c1-34-20-10-3-15(11-22(20)35-2)24-19-9-6-17(33)12-21(19)37-27-25(24)26-30-23(31-32(26)14-29-27)13-36-18-7-4-16(28)5-8-18/h3-12,14,24,33H,13H2,1-2H3/t24-/m0/s1. The van der Waals surface area contributed by atoms with Crippen molar-refractivity contribution in [2.45, 2.75) is 12.5 Å². The van der Waals surface area contributed by atoms with E-state index in [9.17, 15) is 5.11 Å². The number of hydrogen-bond donors (Lipinski definition) is 1. The maximum atomic E-state index is 10.1. The molecule has 0 saturated carbocycles. The van der Waals surface area contributed by atoms with Gasteiger partial charge < -0.3 is 24.1 Å². The number of rotatable bonds is 6. The molecule has 0 bridgehead atoms. The lowest BCUT2D eigenvalue weighted by atomic mass is 9.83. The highest BCUT2D eigenvalue weighted by Crippen LogP contribution is 2.49. The SMILES string of the molecule is COc1ccc([C@H]2c3ccc(O)cc3Oc3ncn4nc(COc5ccc(Cl)cc5)nc4c32)cc1OC. The van der Waals surface area contributed by atoms with Crippen molar-refractivity contribution in [3.63, 3.8) is 0 Å². The minimum atomic E-state index is -0.329. The van der Waals surface area contributed by atoms with Crippen LogP contribution in [0.1, 0.15) is 28.4 Å². The summed E-state index contributed by atoms with van der Waals surface area (Å²) in [6.45, 7) is 0.157. The van der Waals surface area contributed by atoms with E-state index in [0.717, 1.165) is 16.7 Å². The van der Waals surface area contributed by atoms with Gasteiger partial charge in [-0.2, -0.15) is 0 Å². The number of hydrogen-bond acceptors (Lipinski definition) is 8. The van der Waals surface area contributed by atoms with Crippen LogP contribution in [0.2, 0.25) is 5.02 Å². The van der Waals surface area contributed by atoms with Gasteiger partial charge in [-0.25, -0.2) is 14.5 Å². The largest absolute Gasteiger partial charge is 0.508 e. The summed E-state index contributed by atoms with van der Waals surface area (Å²) in [5.74, 6) is 2.99. The van der Waals surface area contributed by atoms with Crippen LogP contribution in [0, 0.1) is 0 Å². The highest BCUT2D eigenvalue weighted by atomic mass is 35.5. The Morgan fingerprint density at radius 2 is 1.81 bits per heavy atom. The maximum Gasteiger partial charge on any atom is 0.228 e. The van der Waals surface area contributed by atoms with E-state index < -0.39 is 0 Å². The summed E-state index contributed by atoms with van der Waals surface area (Å²) in [5.41, 5.74) is 3.07. The van der Waals surface area contributed by atoms with Crippen LogP contribution in [0.15, 0.2) is 67.0 Å². The lowest BCUT2D eigenvalue weighted by Gasteiger charge is -2.28. The molecule has 5 aromatic rings. The maximum absolute atomic E-state index is 10.1. The molecule has 186 valence electrons. The summed E-state index contributed by atoms with van der Waals surface area (Å²) in [6.07, 6.45) is 1.55. The predicted molar refractivity (Wildman–Crippen MR) is 135 cm³/mol. The Morgan fingerprint density at radius 3 is 2.59 bits per heavy atom. The van der Waals surface area contributed by atoms with E-state index in [1.807, 2.05) is 24.3 Å². The topological polar surface area (TPSA) is 100 Å². The third-order valence-corrected chi connectivity index (χ3v) is 6.41. The van der Waals surface area contributed by atoms with Crippen molar-refractivity contribution in [1.29, 1.82) is 0 Å². The fourth-order valence-corrected chi connectivity index (χ4v) is 4.59. The third-order valence-electron chi connectivity index (χ3n) is 6.16. The van der Waals surface area contributed by atoms with Gasteiger partial charge in [0.15, 0.2) is 23.0 Å². The van der Waals surface area contributed by atoms with Crippen LogP contribution in [0.3, 0.4) is 0 Å². The third kappa shape index (κ3) is 4.13. The Bertz CT molecular complexity index is 1620.